The van der Waals surface area contributed by atoms with Gasteiger partial charge in [-0.3, -0.25) is 0 Å². The first-order valence-electron chi connectivity index (χ1n) is 6.68. The van der Waals surface area contributed by atoms with E-state index in [4.69, 9.17) is 11.0 Å². The predicted octanol–water partition coefficient (Wildman–Crippen LogP) is 3.16. The van der Waals surface area contributed by atoms with Crippen LogP contribution in [0.3, 0.4) is 0 Å². The number of fused-ring (bicyclic) bond motifs is 1. The van der Waals surface area contributed by atoms with Crippen LogP contribution in [0.25, 0.3) is 10.9 Å². The second-order valence-corrected chi connectivity index (χ2v) is 4.92. The van der Waals surface area contributed by atoms with E-state index >= 15 is 0 Å². The number of benzene rings is 2. The number of nitriles is 1. The molecule has 0 atom stereocenters. The van der Waals surface area contributed by atoms with Gasteiger partial charge in [0.2, 0.25) is 0 Å². The van der Waals surface area contributed by atoms with Crippen LogP contribution >= 0.6 is 0 Å². The Labute approximate surface area is 122 Å². The minimum absolute atomic E-state index is 0.332. The molecule has 2 aromatic carbocycles. The van der Waals surface area contributed by atoms with Crippen molar-refractivity contribution in [3.63, 3.8) is 0 Å². The van der Waals surface area contributed by atoms with E-state index in [1.165, 1.54) is 6.07 Å². The molecule has 104 valence electrons. The second kappa shape index (κ2) is 5.39. The van der Waals surface area contributed by atoms with Crippen LogP contribution in [0.2, 0.25) is 0 Å². The Hall–Kier alpha value is -2.64. The van der Waals surface area contributed by atoms with Gasteiger partial charge in [-0.25, -0.2) is 4.39 Å². The largest absolute Gasteiger partial charge is 0.343 e. The first-order valence-corrected chi connectivity index (χ1v) is 6.68. The molecule has 0 radical (unpaired) electrons. The summed E-state index contributed by atoms with van der Waals surface area (Å²) in [6, 6.07) is 14.4. The first-order chi connectivity index (χ1) is 10.2. The Bertz CT molecular complexity index is 843. The quantitative estimate of drug-likeness (QED) is 0.800. The molecule has 0 aliphatic carbocycles. The van der Waals surface area contributed by atoms with Gasteiger partial charge < -0.3 is 10.3 Å². The molecule has 21 heavy (non-hydrogen) atoms. The highest BCUT2D eigenvalue weighted by atomic mass is 19.1. The summed E-state index contributed by atoms with van der Waals surface area (Å²) in [6.07, 6.45) is 1.93. The average Bonchev–Trinajstić information content (AvgIpc) is 2.92. The van der Waals surface area contributed by atoms with Crippen LogP contribution in [0.5, 0.6) is 0 Å². The Kier molecular flexibility index (Phi) is 3.43. The van der Waals surface area contributed by atoms with Crippen LogP contribution < -0.4 is 5.73 Å². The molecule has 0 saturated heterocycles. The van der Waals surface area contributed by atoms with Crippen LogP contribution in [0.4, 0.5) is 4.39 Å². The molecule has 0 saturated carbocycles. The van der Waals surface area contributed by atoms with Crippen LogP contribution in [0.1, 0.15) is 16.7 Å². The Morgan fingerprint density at radius 1 is 1.14 bits per heavy atom. The highest BCUT2D eigenvalue weighted by Gasteiger charge is 2.08. The lowest BCUT2D eigenvalue weighted by Crippen LogP contribution is -2.02. The van der Waals surface area contributed by atoms with Gasteiger partial charge in [-0.15, -0.1) is 0 Å². The summed E-state index contributed by atoms with van der Waals surface area (Å²) in [5.74, 6) is -0.356. The molecule has 4 heteroatoms. The standard InChI is InChI=1S/C17H14FN3/c18-16-8-12(9-19)4-5-14(16)11-21-7-6-15-13(10-20)2-1-3-17(15)21/h1-8H,10-11,20H2. The van der Waals surface area contributed by atoms with Gasteiger partial charge in [0.15, 0.2) is 0 Å². The maximum absolute atomic E-state index is 14.0. The van der Waals surface area contributed by atoms with Crippen molar-refractivity contribution in [3.8, 4) is 6.07 Å². The van der Waals surface area contributed by atoms with Crippen molar-refractivity contribution in [2.45, 2.75) is 13.1 Å². The fraction of sp³-hybridized carbons (Fsp3) is 0.118. The van der Waals surface area contributed by atoms with Crippen molar-refractivity contribution in [2.24, 2.45) is 5.73 Å². The van der Waals surface area contributed by atoms with Crippen molar-refractivity contribution >= 4 is 10.9 Å². The van der Waals surface area contributed by atoms with Gasteiger partial charge in [-0.2, -0.15) is 5.26 Å². The summed E-state index contributed by atoms with van der Waals surface area (Å²) in [7, 11) is 0. The molecule has 1 aromatic heterocycles. The molecule has 0 fully saturated rings. The Balaban J connectivity index is 2.01. The van der Waals surface area contributed by atoms with E-state index in [1.54, 1.807) is 12.1 Å². The SMILES string of the molecule is N#Cc1ccc(Cn2ccc3c(CN)cccc32)c(F)c1. The lowest BCUT2D eigenvalue weighted by Gasteiger charge is -2.08. The number of halogens is 1. The molecule has 0 unspecified atom stereocenters. The molecular formula is C17H14FN3. The maximum atomic E-state index is 14.0. The molecule has 3 rings (SSSR count). The monoisotopic (exact) mass is 279 g/mol. The number of rotatable bonds is 3. The minimum Gasteiger partial charge on any atom is -0.343 e. The van der Waals surface area contributed by atoms with Crippen molar-refractivity contribution in [1.82, 2.24) is 4.57 Å². The van der Waals surface area contributed by atoms with Crippen LogP contribution in [0, 0.1) is 17.1 Å². The van der Waals surface area contributed by atoms with E-state index in [0.717, 1.165) is 16.5 Å². The summed E-state index contributed by atoms with van der Waals surface area (Å²) in [6.45, 7) is 0.904. The third-order valence-electron chi connectivity index (χ3n) is 3.65. The highest BCUT2D eigenvalue weighted by molar-refractivity contribution is 5.83. The maximum Gasteiger partial charge on any atom is 0.129 e. The topological polar surface area (TPSA) is 54.7 Å². The highest BCUT2D eigenvalue weighted by Crippen LogP contribution is 2.22. The minimum atomic E-state index is -0.356. The first kappa shape index (κ1) is 13.3. The third kappa shape index (κ3) is 2.39. The smallest absolute Gasteiger partial charge is 0.129 e. The van der Waals surface area contributed by atoms with Crippen molar-refractivity contribution in [3.05, 3.63) is 71.2 Å². The van der Waals surface area contributed by atoms with Gasteiger partial charge in [0.1, 0.15) is 5.82 Å². The van der Waals surface area contributed by atoms with Gasteiger partial charge in [0.25, 0.3) is 0 Å². The van der Waals surface area contributed by atoms with Crippen LogP contribution in [-0.4, -0.2) is 4.57 Å². The predicted molar refractivity (Wildman–Crippen MR) is 80.0 cm³/mol. The van der Waals surface area contributed by atoms with E-state index < -0.39 is 0 Å². The summed E-state index contributed by atoms with van der Waals surface area (Å²) < 4.78 is 16.0. The summed E-state index contributed by atoms with van der Waals surface area (Å²) >= 11 is 0. The molecule has 0 aliphatic rings. The number of nitrogens with two attached hydrogens (primary N) is 1. The fourth-order valence-corrected chi connectivity index (χ4v) is 2.53. The summed E-state index contributed by atoms with van der Waals surface area (Å²) in [5, 5.41) is 9.87. The third-order valence-corrected chi connectivity index (χ3v) is 3.65. The van der Waals surface area contributed by atoms with Gasteiger partial charge in [-0.05, 0) is 29.8 Å². The molecule has 0 bridgehead atoms. The zero-order valence-electron chi connectivity index (χ0n) is 11.4. The Morgan fingerprint density at radius 2 is 2.00 bits per heavy atom. The van der Waals surface area contributed by atoms with Gasteiger partial charge >= 0.3 is 0 Å². The van der Waals surface area contributed by atoms with Crippen molar-refractivity contribution < 1.29 is 4.39 Å². The fourth-order valence-electron chi connectivity index (χ4n) is 2.53. The normalized spacial score (nSPS) is 10.7. The number of nitrogens with zero attached hydrogens (tertiary/aromatic N) is 2. The molecule has 3 aromatic rings. The van der Waals surface area contributed by atoms with E-state index in [1.807, 2.05) is 41.1 Å². The zero-order chi connectivity index (χ0) is 14.8. The molecule has 2 N–H and O–H groups in total. The van der Waals surface area contributed by atoms with Crippen LogP contribution in [-0.2, 0) is 13.1 Å². The van der Waals surface area contributed by atoms with E-state index in [2.05, 4.69) is 0 Å². The number of aromatic nitrogens is 1. The van der Waals surface area contributed by atoms with Gasteiger partial charge in [-0.1, -0.05) is 18.2 Å². The molecule has 3 nitrogen and oxygen atoms in total. The Morgan fingerprint density at radius 3 is 2.71 bits per heavy atom. The molecular weight excluding hydrogens is 265 g/mol. The molecule has 0 aliphatic heterocycles. The van der Waals surface area contributed by atoms with Gasteiger partial charge in [0, 0.05) is 29.2 Å². The average molecular weight is 279 g/mol. The number of hydrogen-bond acceptors (Lipinski definition) is 2. The van der Waals surface area contributed by atoms with Gasteiger partial charge in [0.05, 0.1) is 18.2 Å². The summed E-state index contributed by atoms with van der Waals surface area (Å²) in [4.78, 5) is 0. The van der Waals surface area contributed by atoms with E-state index in [-0.39, 0.29) is 5.82 Å². The molecule has 0 spiro atoms. The zero-order valence-corrected chi connectivity index (χ0v) is 11.4. The lowest BCUT2D eigenvalue weighted by atomic mass is 10.1. The second-order valence-electron chi connectivity index (χ2n) is 4.92. The summed E-state index contributed by atoms with van der Waals surface area (Å²) in [5.41, 5.74) is 8.73. The molecule has 0 amide bonds. The van der Waals surface area contributed by atoms with Crippen molar-refractivity contribution in [1.29, 1.82) is 5.26 Å². The molecule has 1 heterocycles. The van der Waals surface area contributed by atoms with E-state index in [9.17, 15) is 4.39 Å². The van der Waals surface area contributed by atoms with Crippen molar-refractivity contribution in [2.75, 3.05) is 0 Å². The van der Waals surface area contributed by atoms with Crippen LogP contribution in [0.15, 0.2) is 48.7 Å². The van der Waals surface area contributed by atoms with E-state index in [0.29, 0.717) is 24.2 Å². The number of hydrogen-bond donors (Lipinski definition) is 1. The lowest BCUT2D eigenvalue weighted by molar-refractivity contribution is 0.601.